The van der Waals surface area contributed by atoms with E-state index < -0.39 is 5.91 Å². The van der Waals surface area contributed by atoms with Crippen molar-refractivity contribution in [3.63, 3.8) is 0 Å². The van der Waals surface area contributed by atoms with Gasteiger partial charge in [-0.2, -0.15) is 0 Å². The van der Waals surface area contributed by atoms with Gasteiger partial charge in [0.15, 0.2) is 5.96 Å². The first-order valence-electron chi connectivity index (χ1n) is 9.77. The first kappa shape index (κ1) is 25.4. The molecule has 0 aromatic heterocycles. The van der Waals surface area contributed by atoms with Crippen LogP contribution in [0.15, 0.2) is 53.5 Å². The fourth-order valence-electron chi connectivity index (χ4n) is 2.80. The fourth-order valence-corrected chi connectivity index (χ4v) is 2.80. The molecule has 0 aliphatic rings. The molecular formula is C22H30IN5O2. The van der Waals surface area contributed by atoms with Gasteiger partial charge in [0.1, 0.15) is 0 Å². The van der Waals surface area contributed by atoms with Crippen LogP contribution in [0.3, 0.4) is 0 Å². The van der Waals surface area contributed by atoms with Gasteiger partial charge in [0.25, 0.3) is 5.91 Å². The van der Waals surface area contributed by atoms with Gasteiger partial charge in [-0.1, -0.05) is 43.3 Å². The van der Waals surface area contributed by atoms with Crippen molar-refractivity contribution in [1.82, 2.24) is 16.0 Å². The summed E-state index contributed by atoms with van der Waals surface area (Å²) >= 11 is 0. The van der Waals surface area contributed by atoms with Crippen molar-refractivity contribution in [3.05, 3.63) is 70.8 Å². The Bertz CT molecular complexity index is 853. The highest BCUT2D eigenvalue weighted by atomic mass is 127. The third kappa shape index (κ3) is 8.40. The summed E-state index contributed by atoms with van der Waals surface area (Å²) in [6.45, 7) is 5.94. The van der Waals surface area contributed by atoms with E-state index in [-0.39, 0.29) is 36.4 Å². The van der Waals surface area contributed by atoms with Gasteiger partial charge in [-0.3, -0.25) is 9.59 Å². The van der Waals surface area contributed by atoms with Crippen LogP contribution in [0.4, 0.5) is 0 Å². The van der Waals surface area contributed by atoms with Gasteiger partial charge < -0.3 is 21.7 Å². The minimum atomic E-state index is -0.575. The highest BCUT2D eigenvalue weighted by molar-refractivity contribution is 14.0. The standard InChI is InChI=1S/C22H29N5O2.HI/c1-3-17-7-5-6-8-19(17)14-27-22(24-4-2)26-13-16-9-11-18(12-10-16)21(29)25-15-20(23)28;/h5-12H,3-4,13-15H2,1-2H3,(H2,23,28)(H,25,29)(H2,24,26,27);1H. The Hall–Kier alpha value is -2.62. The second kappa shape index (κ2) is 13.6. The van der Waals surface area contributed by atoms with E-state index in [2.05, 4.69) is 46.1 Å². The molecule has 2 aromatic rings. The highest BCUT2D eigenvalue weighted by Gasteiger charge is 2.06. The van der Waals surface area contributed by atoms with Gasteiger partial charge in [0, 0.05) is 18.7 Å². The van der Waals surface area contributed by atoms with Gasteiger partial charge in [-0.15, -0.1) is 24.0 Å². The van der Waals surface area contributed by atoms with Crippen LogP contribution in [-0.2, 0) is 24.3 Å². The number of nitrogens with zero attached hydrogens (tertiary/aromatic N) is 1. The zero-order valence-electron chi connectivity index (χ0n) is 17.4. The van der Waals surface area contributed by atoms with Crippen LogP contribution in [0.2, 0.25) is 0 Å². The van der Waals surface area contributed by atoms with Crippen LogP contribution in [0.5, 0.6) is 0 Å². The number of nitrogens with two attached hydrogens (primary N) is 1. The molecule has 8 heteroatoms. The van der Waals surface area contributed by atoms with E-state index in [4.69, 9.17) is 5.73 Å². The van der Waals surface area contributed by atoms with Gasteiger partial charge in [0.2, 0.25) is 5.91 Å². The van der Waals surface area contributed by atoms with Crippen LogP contribution in [0, 0.1) is 0 Å². The van der Waals surface area contributed by atoms with Crippen molar-refractivity contribution in [2.45, 2.75) is 33.4 Å². The topological polar surface area (TPSA) is 109 Å². The number of carbonyl (C=O) groups is 2. The summed E-state index contributed by atoms with van der Waals surface area (Å²) in [6.07, 6.45) is 0.991. The van der Waals surface area contributed by atoms with Crippen LogP contribution in [0.25, 0.3) is 0 Å². The zero-order chi connectivity index (χ0) is 21.1. The molecule has 0 spiro atoms. The van der Waals surface area contributed by atoms with Gasteiger partial charge >= 0.3 is 0 Å². The number of hydrogen-bond acceptors (Lipinski definition) is 3. The molecular weight excluding hydrogens is 493 g/mol. The molecule has 0 saturated carbocycles. The monoisotopic (exact) mass is 523 g/mol. The predicted molar refractivity (Wildman–Crippen MR) is 131 cm³/mol. The Balaban J connectivity index is 0.00000450. The number of nitrogens with one attached hydrogen (secondary N) is 3. The van der Waals surface area contributed by atoms with E-state index >= 15 is 0 Å². The normalized spacial score (nSPS) is 10.7. The number of rotatable bonds is 9. The number of guanidine groups is 1. The van der Waals surface area contributed by atoms with Crippen molar-refractivity contribution < 1.29 is 9.59 Å². The maximum atomic E-state index is 11.9. The Morgan fingerprint density at radius 2 is 1.60 bits per heavy atom. The lowest BCUT2D eigenvalue weighted by molar-refractivity contribution is -0.117. The molecule has 0 bridgehead atoms. The van der Waals surface area contributed by atoms with Gasteiger partial charge in [-0.25, -0.2) is 4.99 Å². The number of aliphatic imine (C=N–C) groups is 1. The lowest BCUT2D eigenvalue weighted by Gasteiger charge is -2.13. The average molecular weight is 523 g/mol. The zero-order valence-corrected chi connectivity index (χ0v) is 19.7. The number of primary amides is 1. The van der Waals surface area contributed by atoms with E-state index in [0.717, 1.165) is 24.5 Å². The summed E-state index contributed by atoms with van der Waals surface area (Å²) in [7, 11) is 0. The molecule has 0 atom stereocenters. The quantitative estimate of drug-likeness (QED) is 0.230. The van der Waals surface area contributed by atoms with Crippen LogP contribution < -0.4 is 21.7 Å². The van der Waals surface area contributed by atoms with Crippen LogP contribution >= 0.6 is 24.0 Å². The molecule has 0 saturated heterocycles. The summed E-state index contributed by atoms with van der Waals surface area (Å²) in [6, 6.07) is 15.5. The summed E-state index contributed by atoms with van der Waals surface area (Å²) in [5.74, 6) is -0.167. The van der Waals surface area contributed by atoms with E-state index in [1.807, 2.05) is 25.1 Å². The first-order valence-corrected chi connectivity index (χ1v) is 9.77. The Morgan fingerprint density at radius 3 is 2.20 bits per heavy atom. The Labute approximate surface area is 194 Å². The second-order valence-corrected chi connectivity index (χ2v) is 6.52. The molecule has 0 unspecified atom stereocenters. The van der Waals surface area contributed by atoms with Crippen molar-refractivity contribution in [3.8, 4) is 0 Å². The van der Waals surface area contributed by atoms with E-state index in [1.165, 1.54) is 11.1 Å². The lowest BCUT2D eigenvalue weighted by Crippen LogP contribution is -2.37. The third-order valence-corrected chi connectivity index (χ3v) is 4.35. The largest absolute Gasteiger partial charge is 0.368 e. The molecule has 2 rings (SSSR count). The second-order valence-electron chi connectivity index (χ2n) is 6.52. The SMILES string of the molecule is CCNC(=NCc1ccc(C(=O)NCC(N)=O)cc1)NCc1ccccc1CC.I. The molecule has 7 nitrogen and oxygen atoms in total. The average Bonchev–Trinajstić information content (AvgIpc) is 2.74. The number of aryl methyl sites for hydroxylation is 1. The molecule has 2 aromatic carbocycles. The fraction of sp³-hybridized carbons (Fsp3) is 0.318. The Kier molecular flexibility index (Phi) is 11.5. The maximum absolute atomic E-state index is 11.9. The van der Waals surface area contributed by atoms with Gasteiger partial charge in [0.05, 0.1) is 13.1 Å². The third-order valence-electron chi connectivity index (χ3n) is 4.35. The molecule has 162 valence electrons. The van der Waals surface area contributed by atoms with E-state index in [9.17, 15) is 9.59 Å². The molecule has 0 radical (unpaired) electrons. The molecule has 0 aliphatic carbocycles. The van der Waals surface area contributed by atoms with Crippen molar-refractivity contribution >= 4 is 41.8 Å². The number of amides is 2. The number of halogens is 1. The summed E-state index contributed by atoms with van der Waals surface area (Å²) < 4.78 is 0. The van der Waals surface area contributed by atoms with E-state index in [1.54, 1.807) is 12.1 Å². The number of benzene rings is 2. The number of carbonyl (C=O) groups excluding carboxylic acids is 2. The maximum Gasteiger partial charge on any atom is 0.251 e. The molecule has 0 heterocycles. The van der Waals surface area contributed by atoms with Crippen molar-refractivity contribution in [1.29, 1.82) is 0 Å². The molecule has 5 N–H and O–H groups in total. The van der Waals surface area contributed by atoms with Crippen LogP contribution in [-0.4, -0.2) is 30.9 Å². The molecule has 0 fully saturated rings. The highest BCUT2D eigenvalue weighted by Crippen LogP contribution is 2.09. The van der Waals surface area contributed by atoms with E-state index in [0.29, 0.717) is 18.7 Å². The Morgan fingerprint density at radius 1 is 0.933 bits per heavy atom. The number of hydrogen-bond donors (Lipinski definition) is 4. The smallest absolute Gasteiger partial charge is 0.251 e. The van der Waals surface area contributed by atoms with Crippen LogP contribution in [0.1, 0.15) is 40.9 Å². The van der Waals surface area contributed by atoms with Crippen molar-refractivity contribution in [2.24, 2.45) is 10.7 Å². The van der Waals surface area contributed by atoms with Crippen molar-refractivity contribution in [2.75, 3.05) is 13.1 Å². The first-order chi connectivity index (χ1) is 14.0. The summed E-state index contributed by atoms with van der Waals surface area (Å²) in [5.41, 5.74) is 9.06. The minimum absolute atomic E-state index is 0. The summed E-state index contributed by atoms with van der Waals surface area (Å²) in [4.78, 5) is 27.3. The molecule has 30 heavy (non-hydrogen) atoms. The van der Waals surface area contributed by atoms with Gasteiger partial charge in [-0.05, 0) is 42.2 Å². The lowest BCUT2D eigenvalue weighted by atomic mass is 10.1. The molecule has 0 aliphatic heterocycles. The minimum Gasteiger partial charge on any atom is -0.368 e. The predicted octanol–water partition coefficient (Wildman–Crippen LogP) is 2.34. The molecule has 2 amide bonds. The summed E-state index contributed by atoms with van der Waals surface area (Å²) in [5, 5.41) is 9.08.